The van der Waals surface area contributed by atoms with Gasteiger partial charge >= 0.3 is 0 Å². The monoisotopic (exact) mass is 337 g/mol. The number of amides is 1. The van der Waals surface area contributed by atoms with Crippen molar-refractivity contribution in [2.45, 2.75) is 6.42 Å². The maximum Gasteiger partial charge on any atom is 0.266 e. The number of carbonyl (C=O) groups is 1. The summed E-state index contributed by atoms with van der Waals surface area (Å²) in [7, 11) is 0. The zero-order valence-corrected chi connectivity index (χ0v) is 13.5. The summed E-state index contributed by atoms with van der Waals surface area (Å²) >= 11 is 5.90. The molecule has 124 valence electrons. The van der Waals surface area contributed by atoms with E-state index in [0.717, 1.165) is 5.56 Å². The van der Waals surface area contributed by atoms with Crippen LogP contribution in [0.25, 0.3) is 0 Å². The van der Waals surface area contributed by atoms with E-state index in [-0.39, 0.29) is 31.9 Å². The maximum atomic E-state index is 12.1. The van der Waals surface area contributed by atoms with Gasteiger partial charge in [-0.2, -0.15) is 5.26 Å². The number of hydrogen-bond donors (Lipinski definition) is 3. The van der Waals surface area contributed by atoms with E-state index in [1.54, 1.807) is 6.07 Å². The largest absolute Gasteiger partial charge is 0.395 e. The van der Waals surface area contributed by atoms with E-state index in [1.165, 1.54) is 11.1 Å². The van der Waals surface area contributed by atoms with Gasteiger partial charge in [-0.15, -0.1) is 0 Å². The van der Waals surface area contributed by atoms with Crippen molar-refractivity contribution in [1.29, 1.82) is 5.26 Å². The third-order valence-corrected chi connectivity index (χ3v) is 3.31. The molecule has 0 radical (unpaired) electrons. The van der Waals surface area contributed by atoms with Gasteiger partial charge in [-0.1, -0.05) is 23.7 Å². The van der Waals surface area contributed by atoms with Gasteiger partial charge in [0.2, 0.25) is 0 Å². The van der Waals surface area contributed by atoms with Crippen LogP contribution in [0.15, 0.2) is 36.0 Å². The van der Waals surface area contributed by atoms with Crippen molar-refractivity contribution >= 4 is 17.5 Å². The minimum atomic E-state index is -0.522. The molecular formula is C16H20ClN3O3. The van der Waals surface area contributed by atoms with Gasteiger partial charge in [-0.3, -0.25) is 4.79 Å². The SMILES string of the molecule is N#C/C(=C/NCCc1cccc(Cl)c1)C(=O)N(CCO)CCO. The number of carbonyl (C=O) groups excluding carboxylic acids is 1. The highest BCUT2D eigenvalue weighted by Crippen LogP contribution is 2.10. The van der Waals surface area contributed by atoms with Crippen LogP contribution in [0.4, 0.5) is 0 Å². The highest BCUT2D eigenvalue weighted by Gasteiger charge is 2.17. The van der Waals surface area contributed by atoms with Crippen molar-refractivity contribution in [3.8, 4) is 6.07 Å². The van der Waals surface area contributed by atoms with Crippen LogP contribution in [0.1, 0.15) is 5.56 Å². The molecular weight excluding hydrogens is 318 g/mol. The van der Waals surface area contributed by atoms with E-state index in [1.807, 2.05) is 24.3 Å². The Morgan fingerprint density at radius 2 is 2.04 bits per heavy atom. The summed E-state index contributed by atoms with van der Waals surface area (Å²) in [5, 5.41) is 30.5. The van der Waals surface area contributed by atoms with Gasteiger partial charge in [0.05, 0.1) is 13.2 Å². The lowest BCUT2D eigenvalue weighted by Crippen LogP contribution is -2.37. The van der Waals surface area contributed by atoms with Crippen LogP contribution in [-0.2, 0) is 11.2 Å². The molecule has 7 heteroatoms. The fraction of sp³-hybridized carbons (Fsp3) is 0.375. The molecule has 0 unspecified atom stereocenters. The molecule has 1 rings (SSSR count). The van der Waals surface area contributed by atoms with Crippen LogP contribution in [0.5, 0.6) is 0 Å². The van der Waals surface area contributed by atoms with Crippen LogP contribution < -0.4 is 5.32 Å². The van der Waals surface area contributed by atoms with Crippen molar-refractivity contribution in [3.63, 3.8) is 0 Å². The number of aliphatic hydroxyl groups is 2. The number of halogens is 1. The Morgan fingerprint density at radius 3 is 2.61 bits per heavy atom. The molecule has 23 heavy (non-hydrogen) atoms. The van der Waals surface area contributed by atoms with Gasteiger partial charge in [-0.05, 0) is 24.1 Å². The molecule has 0 aliphatic carbocycles. The van der Waals surface area contributed by atoms with Crippen LogP contribution in [0, 0.1) is 11.3 Å². The Hall–Kier alpha value is -2.07. The van der Waals surface area contributed by atoms with Crippen LogP contribution >= 0.6 is 11.6 Å². The molecule has 3 N–H and O–H groups in total. The van der Waals surface area contributed by atoms with E-state index >= 15 is 0 Å². The quantitative estimate of drug-likeness (QED) is 0.350. The Morgan fingerprint density at radius 1 is 1.35 bits per heavy atom. The van der Waals surface area contributed by atoms with Gasteiger partial charge in [0.15, 0.2) is 0 Å². The first kappa shape index (κ1) is 19.0. The molecule has 0 saturated heterocycles. The Kier molecular flexibility index (Phi) is 8.76. The molecule has 1 aromatic rings. The van der Waals surface area contributed by atoms with Crippen molar-refractivity contribution in [2.75, 3.05) is 32.8 Å². The van der Waals surface area contributed by atoms with E-state index in [9.17, 15) is 4.79 Å². The number of rotatable bonds is 9. The van der Waals surface area contributed by atoms with Crippen molar-refractivity contribution in [1.82, 2.24) is 10.2 Å². The number of nitriles is 1. The molecule has 0 bridgehead atoms. The Bertz CT molecular complexity index is 578. The number of nitrogens with zero attached hydrogens (tertiary/aromatic N) is 2. The summed E-state index contributed by atoms with van der Waals surface area (Å²) in [5.74, 6) is -0.522. The molecule has 0 atom stereocenters. The molecule has 0 fully saturated rings. The molecule has 1 aromatic carbocycles. The Balaban J connectivity index is 2.57. The second kappa shape index (κ2) is 10.6. The topological polar surface area (TPSA) is 96.6 Å². The van der Waals surface area contributed by atoms with Crippen LogP contribution in [-0.4, -0.2) is 53.9 Å². The molecule has 1 amide bonds. The van der Waals surface area contributed by atoms with Gasteiger partial charge in [0.1, 0.15) is 11.6 Å². The first-order chi connectivity index (χ1) is 11.1. The number of benzene rings is 1. The predicted molar refractivity (Wildman–Crippen MR) is 87.6 cm³/mol. The van der Waals surface area contributed by atoms with Gasteiger partial charge in [0, 0.05) is 30.9 Å². The summed E-state index contributed by atoms with van der Waals surface area (Å²) in [5.41, 5.74) is 0.975. The zero-order valence-electron chi connectivity index (χ0n) is 12.7. The molecule has 0 spiro atoms. The smallest absolute Gasteiger partial charge is 0.266 e. The third-order valence-electron chi connectivity index (χ3n) is 3.07. The lowest BCUT2D eigenvalue weighted by atomic mass is 10.1. The van der Waals surface area contributed by atoms with E-state index < -0.39 is 5.91 Å². The average Bonchev–Trinajstić information content (AvgIpc) is 2.54. The number of aliphatic hydroxyl groups excluding tert-OH is 2. The highest BCUT2D eigenvalue weighted by molar-refractivity contribution is 6.30. The highest BCUT2D eigenvalue weighted by atomic mass is 35.5. The first-order valence-electron chi connectivity index (χ1n) is 7.21. The van der Waals surface area contributed by atoms with Gasteiger partial charge in [-0.25, -0.2) is 0 Å². The van der Waals surface area contributed by atoms with Crippen LogP contribution in [0.3, 0.4) is 0 Å². The average molecular weight is 338 g/mol. The summed E-state index contributed by atoms with van der Waals surface area (Å²) in [6.45, 7) is 0.222. The van der Waals surface area contributed by atoms with Crippen molar-refractivity contribution in [2.24, 2.45) is 0 Å². The number of nitrogens with one attached hydrogen (secondary N) is 1. The molecule has 0 aliphatic rings. The summed E-state index contributed by atoms with van der Waals surface area (Å²) < 4.78 is 0. The van der Waals surface area contributed by atoms with Crippen molar-refractivity contribution in [3.05, 3.63) is 46.6 Å². The molecule has 0 aromatic heterocycles. The molecule has 0 saturated carbocycles. The van der Waals surface area contributed by atoms with Crippen LogP contribution in [0.2, 0.25) is 5.02 Å². The molecule has 0 heterocycles. The lowest BCUT2D eigenvalue weighted by Gasteiger charge is -2.20. The zero-order chi connectivity index (χ0) is 17.1. The minimum Gasteiger partial charge on any atom is -0.395 e. The van der Waals surface area contributed by atoms with Gasteiger partial charge < -0.3 is 20.4 Å². The van der Waals surface area contributed by atoms with Crippen molar-refractivity contribution < 1.29 is 15.0 Å². The molecule has 0 aliphatic heterocycles. The van der Waals surface area contributed by atoms with E-state index in [0.29, 0.717) is 18.0 Å². The second-order valence-corrected chi connectivity index (χ2v) is 5.18. The fourth-order valence-corrected chi connectivity index (χ4v) is 2.16. The third kappa shape index (κ3) is 6.70. The number of hydrogen-bond acceptors (Lipinski definition) is 5. The minimum absolute atomic E-state index is 0.0704. The predicted octanol–water partition coefficient (Wildman–Crippen LogP) is 0.693. The lowest BCUT2D eigenvalue weighted by molar-refractivity contribution is -0.127. The summed E-state index contributed by atoms with van der Waals surface area (Å²) in [6.07, 6.45) is 2.05. The first-order valence-corrected chi connectivity index (χ1v) is 7.59. The van der Waals surface area contributed by atoms with Gasteiger partial charge in [0.25, 0.3) is 5.91 Å². The second-order valence-electron chi connectivity index (χ2n) is 4.74. The standard InChI is InChI=1S/C16H20ClN3O3/c17-15-3-1-2-13(10-15)4-5-19-12-14(11-18)16(23)20(6-8-21)7-9-22/h1-3,10,12,19,21-22H,4-9H2/b14-12-. The maximum absolute atomic E-state index is 12.1. The fourth-order valence-electron chi connectivity index (χ4n) is 1.95. The molecule has 6 nitrogen and oxygen atoms in total. The Labute approximate surface area is 140 Å². The van der Waals surface area contributed by atoms with E-state index in [2.05, 4.69) is 5.32 Å². The van der Waals surface area contributed by atoms with E-state index in [4.69, 9.17) is 27.1 Å². The normalized spacial score (nSPS) is 11.0. The summed E-state index contributed by atoms with van der Waals surface area (Å²) in [4.78, 5) is 13.3. The summed E-state index contributed by atoms with van der Waals surface area (Å²) in [6, 6.07) is 9.28.